The molecule has 2 atom stereocenters. The molecule has 1 fully saturated rings. The van der Waals surface area contributed by atoms with E-state index >= 15 is 0 Å². The highest BCUT2D eigenvalue weighted by molar-refractivity contribution is 6.32. The van der Waals surface area contributed by atoms with Crippen molar-refractivity contribution in [3.63, 3.8) is 0 Å². The number of aromatic nitrogens is 2. The predicted octanol–water partition coefficient (Wildman–Crippen LogP) is 4.39. The largest absolute Gasteiger partial charge is 0.456 e. The molecule has 0 saturated carbocycles. The van der Waals surface area contributed by atoms with Gasteiger partial charge in [-0.3, -0.25) is 9.59 Å². The minimum atomic E-state index is -0.707. The number of nitrogen functional groups attached to an aromatic ring is 1. The monoisotopic (exact) mass is 509 g/mol. The molecule has 1 aliphatic heterocycles. The summed E-state index contributed by atoms with van der Waals surface area (Å²) in [6.07, 6.45) is 1.46. The van der Waals surface area contributed by atoms with E-state index in [1.807, 2.05) is 6.92 Å². The quantitative estimate of drug-likeness (QED) is 0.495. The van der Waals surface area contributed by atoms with Gasteiger partial charge >= 0.3 is 0 Å². The molecule has 186 valence electrons. The predicted molar refractivity (Wildman–Crippen MR) is 135 cm³/mol. The van der Waals surface area contributed by atoms with Gasteiger partial charge in [0.25, 0.3) is 11.8 Å². The van der Waals surface area contributed by atoms with Gasteiger partial charge in [0, 0.05) is 18.2 Å². The van der Waals surface area contributed by atoms with Crippen LogP contribution in [-0.2, 0) is 4.79 Å². The van der Waals surface area contributed by atoms with E-state index in [-0.39, 0.29) is 34.4 Å². The molecule has 3 aromatic rings. The van der Waals surface area contributed by atoms with Crippen molar-refractivity contribution in [1.29, 1.82) is 0 Å². The van der Waals surface area contributed by atoms with Gasteiger partial charge in [-0.1, -0.05) is 17.5 Å². The summed E-state index contributed by atoms with van der Waals surface area (Å²) in [6.45, 7) is 3.95. The van der Waals surface area contributed by atoms with Gasteiger partial charge in [-0.2, -0.15) is 5.10 Å². The fraction of sp³-hybridized carbons (Fsp3) is 0.269. The minimum Gasteiger partial charge on any atom is -0.456 e. The lowest BCUT2D eigenvalue weighted by atomic mass is 9.99. The van der Waals surface area contributed by atoms with Gasteiger partial charge in [0.05, 0.1) is 11.1 Å². The van der Waals surface area contributed by atoms with E-state index in [9.17, 15) is 14.0 Å². The third-order valence-electron chi connectivity index (χ3n) is 6.14. The Bertz CT molecular complexity index is 1380. The zero-order valence-electron chi connectivity index (χ0n) is 19.8. The maximum atomic E-state index is 13.3. The number of primary amides is 1. The number of rotatable bonds is 5. The van der Waals surface area contributed by atoms with Crippen molar-refractivity contribution in [3.8, 4) is 34.6 Å². The molecule has 2 unspecified atom stereocenters. The van der Waals surface area contributed by atoms with E-state index < -0.39 is 11.7 Å². The van der Waals surface area contributed by atoms with Gasteiger partial charge in [-0.05, 0) is 75.1 Å². The second-order valence-corrected chi connectivity index (χ2v) is 8.94. The van der Waals surface area contributed by atoms with Gasteiger partial charge in [0.1, 0.15) is 34.4 Å². The van der Waals surface area contributed by atoms with Crippen molar-refractivity contribution in [2.45, 2.75) is 38.8 Å². The van der Waals surface area contributed by atoms with Crippen molar-refractivity contribution < 1.29 is 18.7 Å². The van der Waals surface area contributed by atoms with Crippen LogP contribution in [0, 0.1) is 17.7 Å². The first-order valence-corrected chi connectivity index (χ1v) is 11.7. The highest BCUT2D eigenvalue weighted by Crippen LogP contribution is 2.35. The van der Waals surface area contributed by atoms with Crippen LogP contribution >= 0.6 is 11.6 Å². The van der Waals surface area contributed by atoms with Crippen molar-refractivity contribution >= 4 is 29.2 Å². The summed E-state index contributed by atoms with van der Waals surface area (Å²) >= 11 is 6.04. The Morgan fingerprint density at radius 3 is 2.56 bits per heavy atom. The lowest BCUT2D eigenvalue weighted by molar-refractivity contribution is -0.129. The summed E-state index contributed by atoms with van der Waals surface area (Å²) in [5, 5.41) is 4.78. The van der Waals surface area contributed by atoms with Crippen molar-refractivity contribution in [1.82, 2.24) is 14.7 Å². The Labute approximate surface area is 213 Å². The number of benzene rings is 2. The van der Waals surface area contributed by atoms with Gasteiger partial charge in [-0.15, -0.1) is 0 Å². The molecule has 2 amide bonds. The Morgan fingerprint density at radius 1 is 1.19 bits per heavy atom. The molecule has 10 heteroatoms. The number of piperidine rings is 1. The average molecular weight is 510 g/mol. The van der Waals surface area contributed by atoms with Crippen LogP contribution in [0.2, 0.25) is 5.02 Å². The molecular weight excluding hydrogens is 485 g/mol. The molecule has 8 nitrogen and oxygen atoms in total. The molecule has 0 bridgehead atoms. The average Bonchev–Trinajstić information content (AvgIpc) is 3.19. The maximum absolute atomic E-state index is 13.3. The molecule has 2 heterocycles. The zero-order chi connectivity index (χ0) is 26.0. The van der Waals surface area contributed by atoms with Crippen LogP contribution in [0.3, 0.4) is 0 Å². The smallest absolute Gasteiger partial charge is 0.298 e. The van der Waals surface area contributed by atoms with Gasteiger partial charge in [-0.25, -0.2) is 9.07 Å². The van der Waals surface area contributed by atoms with Gasteiger partial charge in [0.2, 0.25) is 0 Å². The van der Waals surface area contributed by atoms with Crippen LogP contribution in [0.25, 0.3) is 11.3 Å². The summed E-state index contributed by atoms with van der Waals surface area (Å²) in [5.41, 5.74) is 13.1. The van der Waals surface area contributed by atoms with E-state index in [0.29, 0.717) is 29.3 Å². The van der Waals surface area contributed by atoms with E-state index in [1.54, 1.807) is 40.8 Å². The van der Waals surface area contributed by atoms with E-state index in [0.717, 1.165) is 18.9 Å². The first-order valence-electron chi connectivity index (χ1n) is 11.3. The molecule has 0 radical (unpaired) electrons. The number of amides is 2. The maximum Gasteiger partial charge on any atom is 0.298 e. The number of anilines is 1. The zero-order valence-corrected chi connectivity index (χ0v) is 20.6. The number of ether oxygens (including phenoxy) is 1. The van der Waals surface area contributed by atoms with Crippen molar-refractivity contribution in [3.05, 3.63) is 58.9 Å². The number of nitrogens with two attached hydrogens (primary N) is 2. The summed E-state index contributed by atoms with van der Waals surface area (Å²) in [5.74, 6) is 4.69. The van der Waals surface area contributed by atoms with Gasteiger partial charge < -0.3 is 21.1 Å². The molecule has 0 spiro atoms. The summed E-state index contributed by atoms with van der Waals surface area (Å²) in [7, 11) is 0. The highest BCUT2D eigenvalue weighted by Gasteiger charge is 2.32. The topological polar surface area (TPSA) is 116 Å². The highest BCUT2D eigenvalue weighted by atomic mass is 35.5. The molecule has 1 aliphatic rings. The standard InChI is InChI=1S/C26H25ClFN5O3/c1-3-4-22(34)32-14-18(9-5-15(32)2)33-25(29)23(26(30)35)24(31-33)16-6-10-19(11-7-16)36-21-12-8-17(28)13-20(21)27/h6-8,10-13,15,18H,5,9,14,29H2,1-2H3,(H2,30,35). The summed E-state index contributed by atoms with van der Waals surface area (Å²) < 4.78 is 20.6. The minimum absolute atomic E-state index is 0.0311. The van der Waals surface area contributed by atoms with Crippen molar-refractivity contribution in [2.24, 2.45) is 5.73 Å². The number of hydrogen-bond acceptors (Lipinski definition) is 5. The van der Waals surface area contributed by atoms with E-state index in [1.165, 1.54) is 12.1 Å². The molecular formula is C26H25ClFN5O3. The van der Waals surface area contributed by atoms with Crippen LogP contribution in [0.5, 0.6) is 11.5 Å². The van der Waals surface area contributed by atoms with E-state index in [4.69, 9.17) is 27.8 Å². The normalized spacial score (nSPS) is 17.3. The fourth-order valence-electron chi connectivity index (χ4n) is 4.29. The second-order valence-electron chi connectivity index (χ2n) is 8.53. The number of nitrogens with zero attached hydrogens (tertiary/aromatic N) is 3. The third kappa shape index (κ3) is 4.99. The van der Waals surface area contributed by atoms with Crippen LogP contribution < -0.4 is 16.2 Å². The Balaban J connectivity index is 1.63. The second kappa shape index (κ2) is 10.3. The van der Waals surface area contributed by atoms with Crippen LogP contribution in [0.4, 0.5) is 10.2 Å². The molecule has 36 heavy (non-hydrogen) atoms. The summed E-state index contributed by atoms with van der Waals surface area (Å²) in [4.78, 5) is 26.5. The third-order valence-corrected chi connectivity index (χ3v) is 6.43. The molecule has 4 N–H and O–H groups in total. The van der Waals surface area contributed by atoms with Crippen molar-refractivity contribution in [2.75, 3.05) is 12.3 Å². The Morgan fingerprint density at radius 2 is 1.92 bits per heavy atom. The number of carbonyl (C=O) groups excluding carboxylic acids is 2. The van der Waals surface area contributed by atoms with Crippen LogP contribution in [-0.4, -0.2) is 39.1 Å². The van der Waals surface area contributed by atoms with Gasteiger partial charge in [0.15, 0.2) is 0 Å². The lowest BCUT2D eigenvalue weighted by Crippen LogP contribution is -2.46. The molecule has 0 aliphatic carbocycles. The van der Waals surface area contributed by atoms with Crippen LogP contribution in [0.15, 0.2) is 42.5 Å². The Hall–Kier alpha value is -4.03. The first-order chi connectivity index (χ1) is 17.2. The lowest BCUT2D eigenvalue weighted by Gasteiger charge is -2.37. The molecule has 2 aromatic carbocycles. The number of halogens is 2. The molecule has 1 aromatic heterocycles. The first kappa shape index (κ1) is 25.1. The fourth-order valence-corrected chi connectivity index (χ4v) is 4.49. The number of likely N-dealkylation sites (tertiary alicyclic amines) is 1. The number of carbonyl (C=O) groups is 2. The molecule has 1 saturated heterocycles. The summed E-state index contributed by atoms with van der Waals surface area (Å²) in [6, 6.07) is 10.4. The van der Waals surface area contributed by atoms with E-state index in [2.05, 4.69) is 16.9 Å². The Kier molecular flexibility index (Phi) is 7.17. The number of hydrogen-bond donors (Lipinski definition) is 2. The molecule has 4 rings (SSSR count). The SMILES string of the molecule is CC#CC(=O)N1CC(n2nc(-c3ccc(Oc4ccc(F)cc4Cl)cc3)c(C(N)=O)c2N)CCC1C. The van der Waals surface area contributed by atoms with Crippen LogP contribution in [0.1, 0.15) is 43.1 Å².